The van der Waals surface area contributed by atoms with Crippen LogP contribution in [-0.4, -0.2) is 5.91 Å². The number of nitrogens with one attached hydrogen (secondary N) is 1. The molecule has 0 radical (unpaired) electrons. The number of halogens is 2. The summed E-state index contributed by atoms with van der Waals surface area (Å²) in [6.45, 7) is 1.86. The molecule has 0 bridgehead atoms. The molecule has 0 saturated heterocycles. The van der Waals surface area contributed by atoms with Gasteiger partial charge in [-0.1, -0.05) is 29.3 Å². The lowest BCUT2D eigenvalue weighted by atomic mass is 10.1. The molecular weight excluding hydrogens is 285 g/mol. The van der Waals surface area contributed by atoms with Crippen LogP contribution in [0.5, 0.6) is 0 Å². The van der Waals surface area contributed by atoms with Crippen LogP contribution in [0.3, 0.4) is 0 Å². The lowest BCUT2D eigenvalue weighted by Crippen LogP contribution is -2.27. The molecule has 0 aliphatic heterocycles. The number of hydrogen-bond donors (Lipinski definition) is 1. The van der Waals surface area contributed by atoms with E-state index in [2.05, 4.69) is 5.32 Å². The molecule has 2 rings (SSSR count). The number of furan rings is 1. The van der Waals surface area contributed by atoms with Crippen molar-refractivity contribution in [2.24, 2.45) is 0 Å². The Morgan fingerprint density at radius 1 is 1.37 bits per heavy atom. The SMILES string of the molecule is C[C@H](NC(=O)Cc1ccc(Cl)cc1Cl)c1ccco1. The second-order valence-corrected chi connectivity index (χ2v) is 5.06. The highest BCUT2D eigenvalue weighted by atomic mass is 35.5. The summed E-state index contributed by atoms with van der Waals surface area (Å²) in [4.78, 5) is 11.9. The topological polar surface area (TPSA) is 42.2 Å². The molecule has 3 nitrogen and oxygen atoms in total. The number of amides is 1. The third-order valence-electron chi connectivity index (χ3n) is 2.71. The molecule has 5 heteroatoms. The van der Waals surface area contributed by atoms with E-state index in [1.165, 1.54) is 0 Å². The highest BCUT2D eigenvalue weighted by Crippen LogP contribution is 2.21. The summed E-state index contributed by atoms with van der Waals surface area (Å²) in [7, 11) is 0. The minimum atomic E-state index is -0.173. The van der Waals surface area contributed by atoms with Gasteiger partial charge < -0.3 is 9.73 Å². The molecule has 0 unspecified atom stereocenters. The first-order chi connectivity index (χ1) is 9.06. The first-order valence-electron chi connectivity index (χ1n) is 5.83. The highest BCUT2D eigenvalue weighted by molar-refractivity contribution is 6.35. The van der Waals surface area contributed by atoms with Crippen LogP contribution in [0.4, 0.5) is 0 Å². The van der Waals surface area contributed by atoms with E-state index < -0.39 is 0 Å². The van der Waals surface area contributed by atoms with E-state index >= 15 is 0 Å². The predicted octanol–water partition coefficient (Wildman–Crippen LogP) is 4.01. The standard InChI is InChI=1S/C14H13Cl2NO2/c1-9(13-3-2-6-19-13)17-14(18)7-10-4-5-11(15)8-12(10)16/h2-6,8-9H,7H2,1H3,(H,17,18)/t9-/m0/s1. The summed E-state index contributed by atoms with van der Waals surface area (Å²) in [5, 5.41) is 3.90. The summed E-state index contributed by atoms with van der Waals surface area (Å²) >= 11 is 11.8. The number of benzene rings is 1. The molecule has 0 fully saturated rings. The third-order valence-corrected chi connectivity index (χ3v) is 3.30. The molecule has 19 heavy (non-hydrogen) atoms. The lowest BCUT2D eigenvalue weighted by molar-refractivity contribution is -0.121. The van der Waals surface area contributed by atoms with E-state index in [0.717, 1.165) is 11.3 Å². The Morgan fingerprint density at radius 3 is 2.79 bits per heavy atom. The molecule has 1 aromatic heterocycles. The Morgan fingerprint density at radius 2 is 2.16 bits per heavy atom. The Kier molecular flexibility index (Phi) is 4.51. The second-order valence-electron chi connectivity index (χ2n) is 4.22. The zero-order valence-corrected chi connectivity index (χ0v) is 11.8. The molecule has 0 aliphatic rings. The normalized spacial score (nSPS) is 12.2. The van der Waals surface area contributed by atoms with Gasteiger partial charge in [0.25, 0.3) is 0 Å². The summed E-state index contributed by atoms with van der Waals surface area (Å²) in [5.41, 5.74) is 0.746. The predicted molar refractivity (Wildman–Crippen MR) is 75.4 cm³/mol. The molecule has 1 aromatic carbocycles. The minimum absolute atomic E-state index is 0.117. The maximum Gasteiger partial charge on any atom is 0.225 e. The van der Waals surface area contributed by atoms with Crippen molar-refractivity contribution < 1.29 is 9.21 Å². The van der Waals surface area contributed by atoms with E-state index in [9.17, 15) is 4.79 Å². The molecule has 100 valence electrons. The van der Waals surface area contributed by atoms with Crippen LogP contribution in [0.15, 0.2) is 41.0 Å². The van der Waals surface area contributed by atoms with Crippen molar-refractivity contribution >= 4 is 29.1 Å². The Labute approximate surface area is 121 Å². The molecule has 1 atom stereocenters. The minimum Gasteiger partial charge on any atom is -0.467 e. The molecule has 1 amide bonds. The maximum atomic E-state index is 11.9. The van der Waals surface area contributed by atoms with Gasteiger partial charge in [0.15, 0.2) is 0 Å². The Balaban J connectivity index is 1.98. The summed E-state index contributed by atoms with van der Waals surface area (Å²) in [5.74, 6) is 0.601. The van der Waals surface area contributed by atoms with Crippen LogP contribution >= 0.6 is 23.2 Å². The largest absolute Gasteiger partial charge is 0.467 e. The van der Waals surface area contributed by atoms with Gasteiger partial charge in [-0.05, 0) is 36.8 Å². The highest BCUT2D eigenvalue weighted by Gasteiger charge is 2.13. The van der Waals surface area contributed by atoms with Crippen LogP contribution in [0.1, 0.15) is 24.3 Å². The summed E-state index contributed by atoms with van der Waals surface area (Å²) in [6, 6.07) is 8.53. The summed E-state index contributed by atoms with van der Waals surface area (Å²) < 4.78 is 5.23. The average molecular weight is 298 g/mol. The van der Waals surface area contributed by atoms with Crippen molar-refractivity contribution in [1.82, 2.24) is 5.32 Å². The molecule has 0 spiro atoms. The summed E-state index contributed by atoms with van der Waals surface area (Å²) in [6.07, 6.45) is 1.79. The van der Waals surface area contributed by atoms with Gasteiger partial charge in [0, 0.05) is 10.0 Å². The fourth-order valence-electron chi connectivity index (χ4n) is 1.74. The number of rotatable bonds is 4. The van der Waals surface area contributed by atoms with Crippen molar-refractivity contribution in [3.63, 3.8) is 0 Å². The van der Waals surface area contributed by atoms with Gasteiger partial charge in [-0.3, -0.25) is 4.79 Å². The first-order valence-corrected chi connectivity index (χ1v) is 6.58. The van der Waals surface area contributed by atoms with Crippen LogP contribution in [0.25, 0.3) is 0 Å². The maximum absolute atomic E-state index is 11.9. The van der Waals surface area contributed by atoms with Gasteiger partial charge in [0.1, 0.15) is 5.76 Å². The molecule has 1 heterocycles. The molecule has 0 aliphatic carbocycles. The number of hydrogen-bond acceptors (Lipinski definition) is 2. The van der Waals surface area contributed by atoms with E-state index in [-0.39, 0.29) is 18.4 Å². The van der Waals surface area contributed by atoms with E-state index in [1.807, 2.05) is 13.0 Å². The van der Waals surface area contributed by atoms with Gasteiger partial charge in [-0.2, -0.15) is 0 Å². The van der Waals surface area contributed by atoms with Gasteiger partial charge in [-0.15, -0.1) is 0 Å². The van der Waals surface area contributed by atoms with Crippen LogP contribution < -0.4 is 5.32 Å². The number of carbonyl (C=O) groups is 1. The second kappa shape index (κ2) is 6.13. The molecule has 1 N–H and O–H groups in total. The average Bonchev–Trinajstić information content (AvgIpc) is 2.86. The third kappa shape index (κ3) is 3.75. The van der Waals surface area contributed by atoms with E-state index in [0.29, 0.717) is 10.0 Å². The molecule has 2 aromatic rings. The smallest absolute Gasteiger partial charge is 0.225 e. The van der Waals surface area contributed by atoms with Crippen molar-refractivity contribution in [3.05, 3.63) is 58.0 Å². The van der Waals surface area contributed by atoms with E-state index in [1.54, 1.807) is 30.5 Å². The van der Waals surface area contributed by atoms with Gasteiger partial charge in [0.2, 0.25) is 5.91 Å². The quantitative estimate of drug-likeness (QED) is 0.926. The Bertz CT molecular complexity index is 567. The van der Waals surface area contributed by atoms with Crippen molar-refractivity contribution in [1.29, 1.82) is 0 Å². The molecular formula is C14H13Cl2NO2. The zero-order chi connectivity index (χ0) is 13.8. The fourth-order valence-corrected chi connectivity index (χ4v) is 2.21. The lowest BCUT2D eigenvalue weighted by Gasteiger charge is -2.12. The zero-order valence-electron chi connectivity index (χ0n) is 10.3. The van der Waals surface area contributed by atoms with Crippen molar-refractivity contribution in [3.8, 4) is 0 Å². The van der Waals surface area contributed by atoms with Crippen molar-refractivity contribution in [2.75, 3.05) is 0 Å². The van der Waals surface area contributed by atoms with Crippen molar-refractivity contribution in [2.45, 2.75) is 19.4 Å². The van der Waals surface area contributed by atoms with Gasteiger partial charge in [-0.25, -0.2) is 0 Å². The van der Waals surface area contributed by atoms with Crippen LogP contribution in [0.2, 0.25) is 10.0 Å². The monoisotopic (exact) mass is 297 g/mol. The Hall–Kier alpha value is -1.45. The van der Waals surface area contributed by atoms with E-state index in [4.69, 9.17) is 27.6 Å². The first kappa shape index (κ1) is 14.0. The van der Waals surface area contributed by atoms with Crippen LogP contribution in [-0.2, 0) is 11.2 Å². The van der Waals surface area contributed by atoms with Gasteiger partial charge in [0.05, 0.1) is 18.7 Å². The van der Waals surface area contributed by atoms with Crippen LogP contribution in [0, 0.1) is 0 Å². The molecule has 0 saturated carbocycles. The van der Waals surface area contributed by atoms with Gasteiger partial charge >= 0.3 is 0 Å². The fraction of sp³-hybridized carbons (Fsp3) is 0.214. The number of carbonyl (C=O) groups excluding carboxylic acids is 1.